The van der Waals surface area contributed by atoms with Gasteiger partial charge in [-0.3, -0.25) is 4.98 Å². The van der Waals surface area contributed by atoms with Crippen LogP contribution >= 0.6 is 0 Å². The maximum Gasteiger partial charge on any atom is 0.0298 e. The van der Waals surface area contributed by atoms with Crippen LogP contribution < -0.4 is 5.73 Å². The number of nitrogens with zero attached hydrogens (tertiary/aromatic N) is 1. The molecule has 2 nitrogen and oxygen atoms in total. The first-order chi connectivity index (χ1) is 9.29. The number of rotatable bonds is 3. The van der Waals surface area contributed by atoms with Gasteiger partial charge in [-0.05, 0) is 85.8 Å². The van der Waals surface area contributed by atoms with E-state index in [1.165, 1.54) is 44.1 Å². The Hall–Kier alpha value is -0.890. The van der Waals surface area contributed by atoms with Gasteiger partial charge >= 0.3 is 0 Å². The van der Waals surface area contributed by atoms with E-state index >= 15 is 0 Å². The molecule has 1 aromatic heterocycles. The highest BCUT2D eigenvalue weighted by atomic mass is 14.7. The molecule has 0 spiro atoms. The summed E-state index contributed by atoms with van der Waals surface area (Å²) in [4.78, 5) is 4.09. The lowest BCUT2D eigenvalue weighted by Gasteiger charge is -2.55. The van der Waals surface area contributed by atoms with E-state index in [2.05, 4.69) is 17.1 Å². The van der Waals surface area contributed by atoms with Crippen molar-refractivity contribution >= 4 is 0 Å². The Labute approximate surface area is 115 Å². The van der Waals surface area contributed by atoms with Gasteiger partial charge in [0.1, 0.15) is 0 Å². The van der Waals surface area contributed by atoms with Gasteiger partial charge in [0.2, 0.25) is 0 Å². The van der Waals surface area contributed by atoms with Crippen LogP contribution in [0.5, 0.6) is 0 Å². The van der Waals surface area contributed by atoms with E-state index in [0.29, 0.717) is 0 Å². The van der Waals surface area contributed by atoms with E-state index in [4.69, 9.17) is 5.73 Å². The second-order valence-electron chi connectivity index (χ2n) is 7.22. The molecule has 0 aromatic carbocycles. The monoisotopic (exact) mass is 256 g/mol. The molecule has 4 saturated carbocycles. The van der Waals surface area contributed by atoms with Crippen LogP contribution in [0.3, 0.4) is 0 Å². The lowest BCUT2D eigenvalue weighted by atomic mass is 9.51. The van der Waals surface area contributed by atoms with Gasteiger partial charge in [0.25, 0.3) is 0 Å². The largest absolute Gasteiger partial charge is 0.324 e. The smallest absolute Gasteiger partial charge is 0.0298 e. The maximum absolute atomic E-state index is 6.45. The average molecular weight is 256 g/mol. The van der Waals surface area contributed by atoms with Crippen molar-refractivity contribution in [3.63, 3.8) is 0 Å². The second-order valence-corrected chi connectivity index (χ2v) is 7.22. The van der Waals surface area contributed by atoms with Crippen molar-refractivity contribution in [2.45, 2.75) is 44.6 Å². The van der Waals surface area contributed by atoms with E-state index in [-0.39, 0.29) is 6.04 Å². The first-order valence-electron chi connectivity index (χ1n) is 7.95. The summed E-state index contributed by atoms with van der Waals surface area (Å²) in [7, 11) is 0. The Kier molecular flexibility index (Phi) is 2.87. The third-order valence-corrected chi connectivity index (χ3v) is 6.08. The zero-order valence-electron chi connectivity index (χ0n) is 11.5. The van der Waals surface area contributed by atoms with Gasteiger partial charge in [0.05, 0.1) is 0 Å². The SMILES string of the molecule is NC(CC1C2CC3CC(C2)CC1C3)c1ccncc1. The zero-order valence-corrected chi connectivity index (χ0v) is 11.5. The van der Waals surface area contributed by atoms with Crippen LogP contribution in [0.2, 0.25) is 0 Å². The van der Waals surface area contributed by atoms with E-state index in [1.807, 2.05) is 12.4 Å². The minimum absolute atomic E-state index is 0.213. The third kappa shape index (κ3) is 2.10. The van der Waals surface area contributed by atoms with Crippen molar-refractivity contribution in [1.29, 1.82) is 0 Å². The molecule has 1 aromatic rings. The van der Waals surface area contributed by atoms with E-state index in [9.17, 15) is 0 Å². The van der Waals surface area contributed by atoms with Crippen molar-refractivity contribution < 1.29 is 0 Å². The van der Waals surface area contributed by atoms with Gasteiger partial charge in [-0.2, -0.15) is 0 Å². The van der Waals surface area contributed by atoms with Crippen molar-refractivity contribution in [2.75, 3.05) is 0 Å². The highest BCUT2D eigenvalue weighted by Gasteiger charge is 2.48. The molecule has 5 rings (SSSR count). The van der Waals surface area contributed by atoms with E-state index < -0.39 is 0 Å². The van der Waals surface area contributed by atoms with Gasteiger partial charge in [0, 0.05) is 18.4 Å². The summed E-state index contributed by atoms with van der Waals surface area (Å²) in [6, 6.07) is 4.38. The van der Waals surface area contributed by atoms with Crippen molar-refractivity contribution in [1.82, 2.24) is 4.98 Å². The Bertz CT molecular complexity index is 414. The molecule has 2 heteroatoms. The van der Waals surface area contributed by atoms with E-state index in [1.54, 1.807) is 0 Å². The first kappa shape index (κ1) is 11.9. The summed E-state index contributed by atoms with van der Waals surface area (Å²) in [5, 5.41) is 0. The maximum atomic E-state index is 6.45. The number of aromatic nitrogens is 1. The van der Waals surface area contributed by atoms with Gasteiger partial charge < -0.3 is 5.73 Å². The molecule has 4 aliphatic rings. The molecule has 0 saturated heterocycles. The van der Waals surface area contributed by atoms with Crippen LogP contribution in [0.15, 0.2) is 24.5 Å². The van der Waals surface area contributed by atoms with Crippen LogP contribution in [-0.4, -0.2) is 4.98 Å². The Morgan fingerprint density at radius 1 is 1.00 bits per heavy atom. The molecular formula is C17H24N2. The fraction of sp³-hybridized carbons (Fsp3) is 0.706. The minimum Gasteiger partial charge on any atom is -0.324 e. The summed E-state index contributed by atoms with van der Waals surface area (Å²) < 4.78 is 0. The van der Waals surface area contributed by atoms with Crippen LogP contribution in [0.25, 0.3) is 0 Å². The molecule has 1 unspecified atom stereocenters. The summed E-state index contributed by atoms with van der Waals surface area (Å²) in [6.45, 7) is 0. The molecule has 0 amide bonds. The summed E-state index contributed by atoms with van der Waals surface area (Å²) in [5.74, 6) is 5.01. The predicted molar refractivity (Wildman–Crippen MR) is 76.3 cm³/mol. The molecule has 1 atom stereocenters. The first-order valence-corrected chi connectivity index (χ1v) is 7.95. The number of pyridine rings is 1. The van der Waals surface area contributed by atoms with Crippen molar-refractivity contribution in [3.8, 4) is 0 Å². The van der Waals surface area contributed by atoms with Crippen molar-refractivity contribution in [2.24, 2.45) is 35.3 Å². The van der Waals surface area contributed by atoms with Gasteiger partial charge in [-0.15, -0.1) is 0 Å². The molecular weight excluding hydrogens is 232 g/mol. The Morgan fingerprint density at radius 3 is 2.16 bits per heavy atom. The quantitative estimate of drug-likeness (QED) is 0.898. The van der Waals surface area contributed by atoms with Gasteiger partial charge in [-0.25, -0.2) is 0 Å². The average Bonchev–Trinajstić information content (AvgIpc) is 2.43. The zero-order chi connectivity index (χ0) is 12.8. The predicted octanol–water partition coefficient (Wildman–Crippen LogP) is 3.54. The fourth-order valence-corrected chi connectivity index (χ4v) is 5.46. The van der Waals surface area contributed by atoms with Crippen LogP contribution in [0, 0.1) is 29.6 Å². The fourth-order valence-electron chi connectivity index (χ4n) is 5.46. The molecule has 4 bridgehead atoms. The standard InChI is InChI=1S/C17H24N2/c18-17(13-1-3-19-4-2-13)10-16-14-6-11-5-12(8-14)9-15(16)7-11/h1-4,11-12,14-17H,5-10,18H2. The normalized spacial score (nSPS) is 41.4. The highest BCUT2D eigenvalue weighted by molar-refractivity contribution is 5.15. The lowest BCUT2D eigenvalue weighted by Crippen LogP contribution is -2.45. The van der Waals surface area contributed by atoms with Crippen LogP contribution in [0.1, 0.15) is 50.1 Å². The number of nitrogens with two attached hydrogens (primary N) is 1. The molecule has 1 heterocycles. The van der Waals surface area contributed by atoms with Gasteiger partial charge in [-0.1, -0.05) is 0 Å². The second kappa shape index (κ2) is 4.59. The van der Waals surface area contributed by atoms with Crippen molar-refractivity contribution in [3.05, 3.63) is 30.1 Å². The topological polar surface area (TPSA) is 38.9 Å². The molecule has 19 heavy (non-hydrogen) atoms. The molecule has 0 aliphatic heterocycles. The van der Waals surface area contributed by atoms with Crippen LogP contribution in [-0.2, 0) is 0 Å². The van der Waals surface area contributed by atoms with Gasteiger partial charge in [0.15, 0.2) is 0 Å². The highest BCUT2D eigenvalue weighted by Crippen LogP contribution is 2.58. The van der Waals surface area contributed by atoms with Crippen LogP contribution in [0.4, 0.5) is 0 Å². The number of hydrogen-bond donors (Lipinski definition) is 1. The molecule has 4 fully saturated rings. The minimum atomic E-state index is 0.213. The summed E-state index contributed by atoms with van der Waals surface area (Å²) >= 11 is 0. The molecule has 0 radical (unpaired) electrons. The Morgan fingerprint density at radius 2 is 1.58 bits per heavy atom. The van der Waals surface area contributed by atoms with E-state index in [0.717, 1.165) is 29.6 Å². The third-order valence-electron chi connectivity index (χ3n) is 6.08. The summed E-state index contributed by atoms with van der Waals surface area (Å²) in [5.41, 5.74) is 7.71. The lowest BCUT2D eigenvalue weighted by molar-refractivity contribution is -0.0420. The molecule has 102 valence electrons. The molecule has 2 N–H and O–H groups in total. The summed E-state index contributed by atoms with van der Waals surface area (Å²) in [6.07, 6.45) is 12.5. The number of hydrogen-bond acceptors (Lipinski definition) is 2. The Balaban J connectivity index is 1.48. The molecule has 4 aliphatic carbocycles.